The lowest BCUT2D eigenvalue weighted by Crippen LogP contribution is -2.50. The molecule has 4 saturated carbocycles. The van der Waals surface area contributed by atoms with Gasteiger partial charge in [0.15, 0.2) is 0 Å². The van der Waals surface area contributed by atoms with Crippen LogP contribution in [0.25, 0.3) is 11.4 Å². The standard InChI is InChI=1S/C23H27FN4O3/c24-18-3-1-17(2-4-18)22-25-21(31-28-22)6-5-19(29)26-27-20(30)13-23-10-14-7-15(11-23)9-16(8-14)12-23/h1-4,14-16H,5-13H2,(H,26,29)(H,27,30). The highest BCUT2D eigenvalue weighted by atomic mass is 19.1. The van der Waals surface area contributed by atoms with Crippen molar-refractivity contribution < 1.29 is 18.5 Å². The first-order valence-corrected chi connectivity index (χ1v) is 11.1. The fraction of sp³-hybridized carbons (Fsp3) is 0.565. The van der Waals surface area contributed by atoms with Crippen LogP contribution in [0.4, 0.5) is 4.39 Å². The van der Waals surface area contributed by atoms with Gasteiger partial charge in [-0.2, -0.15) is 4.98 Å². The van der Waals surface area contributed by atoms with Crippen LogP contribution in [0, 0.1) is 29.0 Å². The number of hydrogen-bond acceptors (Lipinski definition) is 5. The molecule has 2 amide bonds. The van der Waals surface area contributed by atoms with E-state index in [1.54, 1.807) is 12.1 Å². The molecule has 0 unspecified atom stereocenters. The van der Waals surface area contributed by atoms with E-state index in [4.69, 9.17) is 4.52 Å². The molecular formula is C23H27FN4O3. The molecule has 1 aromatic carbocycles. The number of amides is 2. The van der Waals surface area contributed by atoms with Crippen LogP contribution in [-0.4, -0.2) is 22.0 Å². The minimum Gasteiger partial charge on any atom is -0.339 e. The molecule has 4 aliphatic rings. The number of hydrogen-bond donors (Lipinski definition) is 2. The van der Waals surface area contributed by atoms with Crippen LogP contribution in [0.3, 0.4) is 0 Å². The molecule has 4 bridgehead atoms. The number of aryl methyl sites for hydroxylation is 1. The number of nitrogens with zero attached hydrogens (tertiary/aromatic N) is 2. The summed E-state index contributed by atoms with van der Waals surface area (Å²) in [7, 11) is 0. The van der Waals surface area contributed by atoms with E-state index in [1.807, 2.05) is 0 Å². The van der Waals surface area contributed by atoms with Gasteiger partial charge >= 0.3 is 0 Å². The van der Waals surface area contributed by atoms with E-state index in [2.05, 4.69) is 21.0 Å². The predicted octanol–water partition coefficient (Wildman–Crippen LogP) is 3.56. The molecule has 31 heavy (non-hydrogen) atoms. The van der Waals surface area contributed by atoms with E-state index in [1.165, 1.54) is 31.4 Å². The molecule has 2 aromatic rings. The Kier molecular flexibility index (Phi) is 5.24. The number of carbonyl (C=O) groups excluding carboxylic acids is 2. The zero-order valence-electron chi connectivity index (χ0n) is 17.4. The molecular weight excluding hydrogens is 399 g/mol. The van der Waals surface area contributed by atoms with E-state index in [9.17, 15) is 14.0 Å². The second-order valence-electron chi connectivity index (χ2n) is 9.71. The van der Waals surface area contributed by atoms with Crippen molar-refractivity contribution in [3.8, 4) is 11.4 Å². The van der Waals surface area contributed by atoms with Crippen molar-refractivity contribution in [1.82, 2.24) is 21.0 Å². The Labute approximate surface area is 180 Å². The Morgan fingerprint density at radius 1 is 1.00 bits per heavy atom. The van der Waals surface area contributed by atoms with Crippen LogP contribution in [0.15, 0.2) is 28.8 Å². The van der Waals surface area contributed by atoms with E-state index in [0.29, 0.717) is 23.7 Å². The van der Waals surface area contributed by atoms with Crippen molar-refractivity contribution in [1.29, 1.82) is 0 Å². The van der Waals surface area contributed by atoms with E-state index >= 15 is 0 Å². The van der Waals surface area contributed by atoms with Gasteiger partial charge in [0.1, 0.15) is 5.82 Å². The number of aromatic nitrogens is 2. The fourth-order valence-electron chi connectivity index (χ4n) is 6.39. The number of carbonyl (C=O) groups is 2. The minimum absolute atomic E-state index is 0.105. The maximum atomic E-state index is 13.0. The topological polar surface area (TPSA) is 97.1 Å². The van der Waals surface area contributed by atoms with E-state index in [0.717, 1.165) is 37.0 Å². The van der Waals surface area contributed by atoms with Gasteiger partial charge < -0.3 is 4.52 Å². The molecule has 0 saturated heterocycles. The number of benzene rings is 1. The molecule has 4 aliphatic carbocycles. The molecule has 7 nitrogen and oxygen atoms in total. The average Bonchev–Trinajstić information content (AvgIpc) is 3.19. The lowest BCUT2D eigenvalue weighted by Gasteiger charge is -2.56. The predicted molar refractivity (Wildman–Crippen MR) is 110 cm³/mol. The lowest BCUT2D eigenvalue weighted by atomic mass is 9.49. The van der Waals surface area contributed by atoms with Gasteiger partial charge in [-0.3, -0.25) is 20.4 Å². The maximum absolute atomic E-state index is 13.0. The molecule has 0 spiro atoms. The third kappa shape index (κ3) is 4.48. The zero-order valence-corrected chi connectivity index (χ0v) is 17.4. The van der Waals surface area contributed by atoms with Crippen molar-refractivity contribution >= 4 is 11.8 Å². The van der Waals surface area contributed by atoms with Crippen molar-refractivity contribution in [2.24, 2.45) is 23.2 Å². The van der Waals surface area contributed by atoms with Crippen LogP contribution < -0.4 is 10.9 Å². The molecule has 1 heterocycles. The Bertz CT molecular complexity index is 936. The van der Waals surface area contributed by atoms with Crippen LogP contribution in [-0.2, 0) is 16.0 Å². The molecule has 2 N–H and O–H groups in total. The van der Waals surface area contributed by atoms with Crippen molar-refractivity contribution in [3.63, 3.8) is 0 Å². The first-order chi connectivity index (χ1) is 15.0. The summed E-state index contributed by atoms with van der Waals surface area (Å²) >= 11 is 0. The van der Waals surface area contributed by atoms with E-state index < -0.39 is 0 Å². The Balaban J connectivity index is 1.07. The van der Waals surface area contributed by atoms with Gasteiger partial charge in [-0.25, -0.2) is 4.39 Å². The maximum Gasteiger partial charge on any atom is 0.238 e. The molecule has 0 radical (unpaired) electrons. The molecule has 4 fully saturated rings. The SMILES string of the molecule is O=C(CCc1nc(-c2ccc(F)cc2)no1)NNC(=O)CC12CC3CC(CC(C3)C1)C2. The number of halogens is 1. The van der Waals surface area contributed by atoms with Crippen LogP contribution >= 0.6 is 0 Å². The average molecular weight is 426 g/mol. The summed E-state index contributed by atoms with van der Waals surface area (Å²) in [5, 5.41) is 3.86. The lowest BCUT2D eigenvalue weighted by molar-refractivity contribution is -0.134. The smallest absolute Gasteiger partial charge is 0.238 e. The van der Waals surface area contributed by atoms with Gasteiger partial charge in [-0.1, -0.05) is 5.16 Å². The minimum atomic E-state index is -0.339. The van der Waals surface area contributed by atoms with Gasteiger partial charge in [0.05, 0.1) is 0 Å². The molecule has 1 aromatic heterocycles. The largest absolute Gasteiger partial charge is 0.339 e. The van der Waals surface area contributed by atoms with Crippen molar-refractivity contribution in [3.05, 3.63) is 36.0 Å². The zero-order chi connectivity index (χ0) is 21.4. The first-order valence-electron chi connectivity index (χ1n) is 11.1. The van der Waals surface area contributed by atoms with Gasteiger partial charge in [0.2, 0.25) is 23.5 Å². The summed E-state index contributed by atoms with van der Waals surface area (Å²) in [6, 6.07) is 5.78. The summed E-state index contributed by atoms with van der Waals surface area (Å²) < 4.78 is 18.2. The molecule has 0 aliphatic heterocycles. The normalized spacial score (nSPS) is 28.5. The quantitative estimate of drug-likeness (QED) is 0.689. The summed E-state index contributed by atoms with van der Waals surface area (Å²) in [6.07, 6.45) is 8.38. The molecule has 0 atom stereocenters. The van der Waals surface area contributed by atoms with Crippen LogP contribution in [0.5, 0.6) is 0 Å². The van der Waals surface area contributed by atoms with Crippen LogP contribution in [0.1, 0.15) is 57.3 Å². The number of rotatable bonds is 6. The summed E-state index contributed by atoms with van der Waals surface area (Å²) in [6.45, 7) is 0. The van der Waals surface area contributed by atoms with Gasteiger partial charge in [0, 0.05) is 24.8 Å². The Morgan fingerprint density at radius 2 is 1.61 bits per heavy atom. The van der Waals surface area contributed by atoms with Gasteiger partial charge in [-0.15, -0.1) is 0 Å². The first kappa shape index (κ1) is 20.2. The van der Waals surface area contributed by atoms with E-state index in [-0.39, 0.29) is 35.9 Å². The van der Waals surface area contributed by atoms with Gasteiger partial charge in [0.25, 0.3) is 0 Å². The van der Waals surface area contributed by atoms with Crippen molar-refractivity contribution in [2.75, 3.05) is 0 Å². The molecule has 6 rings (SSSR count). The molecule has 164 valence electrons. The highest BCUT2D eigenvalue weighted by molar-refractivity contribution is 5.82. The summed E-state index contributed by atoms with van der Waals surface area (Å²) in [5.41, 5.74) is 5.88. The highest BCUT2D eigenvalue weighted by Gasteiger charge is 2.51. The van der Waals surface area contributed by atoms with Crippen molar-refractivity contribution in [2.45, 2.75) is 57.8 Å². The third-order valence-electron chi connectivity index (χ3n) is 7.18. The Morgan fingerprint density at radius 3 is 2.26 bits per heavy atom. The Hall–Kier alpha value is -2.77. The monoisotopic (exact) mass is 426 g/mol. The number of nitrogens with one attached hydrogen (secondary N) is 2. The second kappa shape index (κ2) is 8.05. The second-order valence-corrected chi connectivity index (χ2v) is 9.71. The van der Waals surface area contributed by atoms with Gasteiger partial charge in [-0.05, 0) is 86.0 Å². The summed E-state index contributed by atoms with van der Waals surface area (Å²) in [5.74, 6) is 2.30. The van der Waals surface area contributed by atoms with Crippen LogP contribution in [0.2, 0.25) is 0 Å². The summed E-state index contributed by atoms with van der Waals surface area (Å²) in [4.78, 5) is 28.9. The highest BCUT2D eigenvalue weighted by Crippen LogP contribution is 2.61. The molecule has 8 heteroatoms. The number of hydrazine groups is 1. The fourth-order valence-corrected chi connectivity index (χ4v) is 6.39. The third-order valence-corrected chi connectivity index (χ3v) is 7.18.